The molecule has 1 nitrogen and oxygen atoms in total. The summed E-state index contributed by atoms with van der Waals surface area (Å²) in [4.78, 5) is 0. The first-order chi connectivity index (χ1) is 9.11. The van der Waals surface area contributed by atoms with Crippen molar-refractivity contribution in [3.05, 3.63) is 0 Å². The van der Waals surface area contributed by atoms with E-state index in [0.29, 0.717) is 0 Å². The van der Waals surface area contributed by atoms with Gasteiger partial charge in [0.25, 0.3) is 0 Å². The fourth-order valence-electron chi connectivity index (χ4n) is 4.13. The Labute approximate surface area is 120 Å². The molecule has 0 saturated heterocycles. The molecule has 1 N–H and O–H groups in total. The number of hydrogen-bond donors (Lipinski definition) is 1. The van der Waals surface area contributed by atoms with Gasteiger partial charge in [0.2, 0.25) is 0 Å². The maximum Gasteiger partial charge on any atom is 0.00683 e. The molecule has 2 rings (SSSR count). The van der Waals surface area contributed by atoms with Crippen LogP contribution in [0.3, 0.4) is 0 Å². The van der Waals surface area contributed by atoms with Crippen molar-refractivity contribution in [2.24, 2.45) is 29.6 Å². The zero-order valence-electron chi connectivity index (χ0n) is 13.6. The first-order valence-corrected chi connectivity index (χ1v) is 8.85. The molecule has 2 aliphatic rings. The Bertz CT molecular complexity index is 256. The largest absolute Gasteiger partial charge is 0.314 e. The normalized spacial score (nSPS) is 33.6. The average Bonchev–Trinajstić information content (AvgIpc) is 3.20. The molecular formula is C18H35N. The Morgan fingerprint density at radius 3 is 2.37 bits per heavy atom. The minimum atomic E-state index is 0.880. The fourth-order valence-corrected chi connectivity index (χ4v) is 4.13. The van der Waals surface area contributed by atoms with E-state index >= 15 is 0 Å². The van der Waals surface area contributed by atoms with Gasteiger partial charge in [-0.05, 0) is 68.2 Å². The van der Waals surface area contributed by atoms with Gasteiger partial charge in [-0.1, -0.05) is 40.5 Å². The molecule has 4 atom stereocenters. The highest BCUT2D eigenvalue weighted by molar-refractivity contribution is 4.88. The van der Waals surface area contributed by atoms with Crippen LogP contribution >= 0.6 is 0 Å². The summed E-state index contributed by atoms with van der Waals surface area (Å²) in [5, 5.41) is 3.80. The van der Waals surface area contributed by atoms with Gasteiger partial charge in [0.05, 0.1) is 0 Å². The topological polar surface area (TPSA) is 12.0 Å². The Morgan fingerprint density at radius 2 is 1.79 bits per heavy atom. The lowest BCUT2D eigenvalue weighted by Gasteiger charge is -2.41. The van der Waals surface area contributed by atoms with E-state index in [4.69, 9.17) is 0 Å². The fraction of sp³-hybridized carbons (Fsp3) is 1.00. The molecule has 2 fully saturated rings. The number of nitrogens with one attached hydrogen (secondary N) is 1. The summed E-state index contributed by atoms with van der Waals surface area (Å²) in [5.41, 5.74) is 0. The predicted molar refractivity (Wildman–Crippen MR) is 84.3 cm³/mol. The van der Waals surface area contributed by atoms with Crippen molar-refractivity contribution in [2.75, 3.05) is 6.54 Å². The van der Waals surface area contributed by atoms with Gasteiger partial charge < -0.3 is 5.32 Å². The van der Waals surface area contributed by atoms with Crippen molar-refractivity contribution in [1.29, 1.82) is 0 Å². The number of hydrogen-bond acceptors (Lipinski definition) is 1. The first kappa shape index (κ1) is 15.4. The zero-order valence-corrected chi connectivity index (χ0v) is 13.6. The highest BCUT2D eigenvalue weighted by atomic mass is 14.9. The Balaban J connectivity index is 1.90. The molecule has 0 aromatic carbocycles. The molecule has 0 radical (unpaired) electrons. The molecular weight excluding hydrogens is 230 g/mol. The maximum absolute atomic E-state index is 3.80. The van der Waals surface area contributed by atoms with Crippen LogP contribution in [0.1, 0.15) is 72.6 Å². The van der Waals surface area contributed by atoms with Crippen molar-refractivity contribution < 1.29 is 0 Å². The molecule has 0 aliphatic heterocycles. The predicted octanol–water partition coefficient (Wildman–Crippen LogP) is 4.86. The maximum atomic E-state index is 3.80. The van der Waals surface area contributed by atoms with Crippen LogP contribution in [0.2, 0.25) is 0 Å². The second kappa shape index (κ2) is 7.11. The molecule has 0 heterocycles. The molecule has 0 spiro atoms. The molecule has 0 aromatic heterocycles. The van der Waals surface area contributed by atoms with Crippen LogP contribution < -0.4 is 5.32 Å². The van der Waals surface area contributed by atoms with Crippen molar-refractivity contribution in [3.8, 4) is 0 Å². The van der Waals surface area contributed by atoms with Crippen molar-refractivity contribution in [1.82, 2.24) is 5.32 Å². The van der Waals surface area contributed by atoms with Crippen molar-refractivity contribution in [3.63, 3.8) is 0 Å². The van der Waals surface area contributed by atoms with Crippen LogP contribution in [-0.2, 0) is 0 Å². The third-order valence-corrected chi connectivity index (χ3v) is 5.75. The van der Waals surface area contributed by atoms with Crippen LogP contribution in [0.25, 0.3) is 0 Å². The molecule has 0 amide bonds. The quantitative estimate of drug-likeness (QED) is 0.693. The summed E-state index contributed by atoms with van der Waals surface area (Å²) in [6.07, 6.45) is 10.1. The Kier molecular flexibility index (Phi) is 5.74. The third-order valence-electron chi connectivity index (χ3n) is 5.75. The summed E-state index contributed by atoms with van der Waals surface area (Å²) in [5.74, 6) is 4.73. The molecule has 1 heteroatoms. The molecule has 2 aliphatic carbocycles. The van der Waals surface area contributed by atoms with Crippen LogP contribution in [0.5, 0.6) is 0 Å². The summed E-state index contributed by atoms with van der Waals surface area (Å²) < 4.78 is 0. The highest BCUT2D eigenvalue weighted by Gasteiger charge is 2.35. The van der Waals surface area contributed by atoms with E-state index in [2.05, 4.69) is 33.0 Å². The lowest BCUT2D eigenvalue weighted by molar-refractivity contribution is 0.0992. The minimum absolute atomic E-state index is 0.880. The standard InChI is InChI=1S/C18H35N/c1-5-6-14(4)18-11-15(13(2)3)7-8-16(18)12-19-17-9-10-17/h13-19H,5-12H2,1-4H3. The van der Waals surface area contributed by atoms with Gasteiger partial charge >= 0.3 is 0 Å². The third kappa shape index (κ3) is 4.48. The van der Waals surface area contributed by atoms with E-state index in [-0.39, 0.29) is 0 Å². The monoisotopic (exact) mass is 265 g/mol. The van der Waals surface area contributed by atoms with Crippen LogP contribution in [-0.4, -0.2) is 12.6 Å². The second-order valence-corrected chi connectivity index (χ2v) is 7.69. The van der Waals surface area contributed by atoms with Crippen molar-refractivity contribution >= 4 is 0 Å². The van der Waals surface area contributed by atoms with Gasteiger partial charge in [-0.2, -0.15) is 0 Å². The van der Waals surface area contributed by atoms with Crippen LogP contribution in [0, 0.1) is 29.6 Å². The summed E-state index contributed by atoms with van der Waals surface area (Å²) >= 11 is 0. The first-order valence-electron chi connectivity index (χ1n) is 8.85. The van der Waals surface area contributed by atoms with Gasteiger partial charge in [0.1, 0.15) is 0 Å². The van der Waals surface area contributed by atoms with Crippen LogP contribution in [0.15, 0.2) is 0 Å². The number of rotatable bonds is 7. The van der Waals surface area contributed by atoms with Crippen molar-refractivity contribution in [2.45, 2.75) is 78.7 Å². The zero-order chi connectivity index (χ0) is 13.8. The van der Waals surface area contributed by atoms with Gasteiger partial charge in [0.15, 0.2) is 0 Å². The Morgan fingerprint density at radius 1 is 1.05 bits per heavy atom. The summed E-state index contributed by atoms with van der Waals surface area (Å²) in [6.45, 7) is 11.0. The second-order valence-electron chi connectivity index (χ2n) is 7.69. The van der Waals surface area contributed by atoms with Crippen LogP contribution in [0.4, 0.5) is 0 Å². The molecule has 0 aromatic rings. The van der Waals surface area contributed by atoms with Gasteiger partial charge in [-0.15, -0.1) is 0 Å². The molecule has 2 saturated carbocycles. The SMILES string of the molecule is CCCC(C)C1CC(C(C)C)CCC1CNC1CC1. The molecule has 0 bridgehead atoms. The van der Waals surface area contributed by atoms with E-state index in [1.54, 1.807) is 0 Å². The molecule has 112 valence electrons. The van der Waals surface area contributed by atoms with Gasteiger partial charge in [0, 0.05) is 6.04 Å². The summed E-state index contributed by atoms with van der Waals surface area (Å²) in [6, 6.07) is 0.880. The van der Waals surface area contributed by atoms with Gasteiger partial charge in [-0.25, -0.2) is 0 Å². The van der Waals surface area contributed by atoms with E-state index in [9.17, 15) is 0 Å². The van der Waals surface area contributed by atoms with E-state index < -0.39 is 0 Å². The Hall–Kier alpha value is -0.0400. The van der Waals surface area contributed by atoms with E-state index in [1.807, 2.05) is 0 Å². The lowest BCUT2D eigenvalue weighted by Crippen LogP contribution is -2.37. The molecule has 19 heavy (non-hydrogen) atoms. The summed E-state index contributed by atoms with van der Waals surface area (Å²) in [7, 11) is 0. The smallest absolute Gasteiger partial charge is 0.00683 e. The van der Waals surface area contributed by atoms with E-state index in [0.717, 1.165) is 35.6 Å². The minimum Gasteiger partial charge on any atom is -0.314 e. The molecule has 4 unspecified atom stereocenters. The van der Waals surface area contributed by atoms with E-state index in [1.165, 1.54) is 51.5 Å². The average molecular weight is 265 g/mol. The highest BCUT2D eigenvalue weighted by Crippen LogP contribution is 2.42. The van der Waals surface area contributed by atoms with Gasteiger partial charge in [-0.3, -0.25) is 0 Å². The lowest BCUT2D eigenvalue weighted by atomic mass is 9.66.